The van der Waals surface area contributed by atoms with Crippen molar-refractivity contribution < 1.29 is 14.7 Å². The molecular weight excluding hydrogens is 296 g/mol. The van der Waals surface area contributed by atoms with Crippen molar-refractivity contribution in [2.24, 2.45) is 7.05 Å². The smallest absolute Gasteiger partial charge is 0.303 e. The van der Waals surface area contributed by atoms with Gasteiger partial charge in [0.05, 0.1) is 5.52 Å². The molecule has 7 heteroatoms. The summed E-state index contributed by atoms with van der Waals surface area (Å²) in [7, 11) is 1.81. The Kier molecular flexibility index (Phi) is 4.27. The van der Waals surface area contributed by atoms with Crippen molar-refractivity contribution in [1.29, 1.82) is 0 Å². The zero-order valence-electron chi connectivity index (χ0n) is 13.1. The molecule has 1 fully saturated rings. The van der Waals surface area contributed by atoms with Crippen molar-refractivity contribution in [3.8, 4) is 0 Å². The van der Waals surface area contributed by atoms with Crippen molar-refractivity contribution in [3.05, 3.63) is 23.8 Å². The number of carboxylic acids is 1. The number of hydrogen-bond acceptors (Lipinski definition) is 4. The minimum absolute atomic E-state index is 0.00454. The second-order valence-corrected chi connectivity index (χ2v) is 6.00. The topological polar surface area (TPSA) is 88.3 Å². The van der Waals surface area contributed by atoms with E-state index in [2.05, 4.69) is 10.3 Å². The maximum absolute atomic E-state index is 12.8. The maximum Gasteiger partial charge on any atom is 0.303 e. The Hall–Kier alpha value is -2.44. The second kappa shape index (κ2) is 6.36. The Labute approximate surface area is 133 Å². The molecule has 7 nitrogen and oxygen atoms in total. The van der Waals surface area contributed by atoms with Gasteiger partial charge in [0.15, 0.2) is 0 Å². The van der Waals surface area contributed by atoms with Crippen LogP contribution in [0.4, 0.5) is 0 Å². The van der Waals surface area contributed by atoms with Gasteiger partial charge in [0, 0.05) is 31.6 Å². The van der Waals surface area contributed by atoms with Crippen LogP contribution in [0.25, 0.3) is 11.0 Å². The van der Waals surface area contributed by atoms with Crippen LogP contribution in [0.2, 0.25) is 0 Å². The summed E-state index contributed by atoms with van der Waals surface area (Å²) in [5.41, 5.74) is 2.15. The van der Waals surface area contributed by atoms with Gasteiger partial charge >= 0.3 is 5.97 Å². The van der Waals surface area contributed by atoms with Crippen molar-refractivity contribution in [2.45, 2.75) is 38.1 Å². The maximum atomic E-state index is 12.8. The molecule has 1 N–H and O–H groups in total. The third-order valence-electron chi connectivity index (χ3n) is 4.44. The van der Waals surface area contributed by atoms with Gasteiger partial charge in [-0.2, -0.15) is 0 Å². The highest BCUT2D eigenvalue weighted by Gasteiger charge is 2.28. The summed E-state index contributed by atoms with van der Waals surface area (Å²) < 4.78 is 1.67. The van der Waals surface area contributed by atoms with Gasteiger partial charge < -0.3 is 10.0 Å². The van der Waals surface area contributed by atoms with E-state index < -0.39 is 5.97 Å². The molecule has 1 aromatic heterocycles. The van der Waals surface area contributed by atoms with Gasteiger partial charge in [-0.3, -0.25) is 9.59 Å². The summed E-state index contributed by atoms with van der Waals surface area (Å²) in [6.45, 7) is 0.682. The lowest BCUT2D eigenvalue weighted by atomic mass is 9.97. The number of rotatable bonds is 4. The number of carbonyl (C=O) groups excluding carboxylic acids is 1. The predicted molar refractivity (Wildman–Crippen MR) is 84.1 cm³/mol. The van der Waals surface area contributed by atoms with Crippen molar-refractivity contribution in [3.63, 3.8) is 0 Å². The first-order valence-corrected chi connectivity index (χ1v) is 7.88. The lowest BCUT2D eigenvalue weighted by molar-refractivity contribution is -0.137. The van der Waals surface area contributed by atoms with Crippen molar-refractivity contribution in [1.82, 2.24) is 19.9 Å². The van der Waals surface area contributed by atoms with Gasteiger partial charge in [-0.25, -0.2) is 4.68 Å². The average Bonchev–Trinajstić information content (AvgIpc) is 2.93. The summed E-state index contributed by atoms with van der Waals surface area (Å²) in [6.07, 6.45) is 3.47. The fraction of sp³-hybridized carbons (Fsp3) is 0.500. The minimum Gasteiger partial charge on any atom is -0.481 e. The second-order valence-electron chi connectivity index (χ2n) is 6.00. The molecule has 1 aromatic carbocycles. The molecule has 1 unspecified atom stereocenters. The fourth-order valence-electron chi connectivity index (χ4n) is 3.20. The van der Waals surface area contributed by atoms with Crippen LogP contribution in [0.5, 0.6) is 0 Å². The van der Waals surface area contributed by atoms with Gasteiger partial charge in [0.2, 0.25) is 0 Å². The number of benzene rings is 1. The van der Waals surface area contributed by atoms with E-state index in [1.807, 2.05) is 18.0 Å². The Bertz CT molecular complexity index is 740. The highest BCUT2D eigenvalue weighted by Crippen LogP contribution is 2.24. The number of carboxylic acid groups (broad SMARTS) is 1. The molecular formula is C16H20N4O3. The molecule has 2 heterocycles. The molecule has 0 saturated carbocycles. The van der Waals surface area contributed by atoms with Crippen LogP contribution in [0, 0.1) is 0 Å². The zero-order chi connectivity index (χ0) is 16.4. The number of aliphatic carboxylic acids is 1. The van der Waals surface area contributed by atoms with Crippen molar-refractivity contribution >= 4 is 22.9 Å². The number of amides is 1. The van der Waals surface area contributed by atoms with Gasteiger partial charge in [0.1, 0.15) is 5.52 Å². The third-order valence-corrected chi connectivity index (χ3v) is 4.44. The third kappa shape index (κ3) is 3.18. The number of hydrogen-bond donors (Lipinski definition) is 1. The van der Waals surface area contributed by atoms with Gasteiger partial charge in [-0.15, -0.1) is 5.10 Å². The van der Waals surface area contributed by atoms with E-state index in [1.165, 1.54) is 0 Å². The van der Waals surface area contributed by atoms with Crippen LogP contribution in [0.3, 0.4) is 0 Å². The van der Waals surface area contributed by atoms with E-state index in [9.17, 15) is 9.59 Å². The normalized spacial score (nSPS) is 18.3. The van der Waals surface area contributed by atoms with Crippen LogP contribution < -0.4 is 0 Å². The number of nitrogens with zero attached hydrogens (tertiary/aromatic N) is 4. The molecule has 1 aliphatic heterocycles. The minimum atomic E-state index is -0.816. The summed E-state index contributed by atoms with van der Waals surface area (Å²) in [5, 5.41) is 16.9. The van der Waals surface area contributed by atoms with Gasteiger partial charge in [-0.1, -0.05) is 5.21 Å². The first-order valence-electron chi connectivity index (χ1n) is 7.88. The lowest BCUT2D eigenvalue weighted by Gasteiger charge is -2.35. The first-order chi connectivity index (χ1) is 11.1. The standard InChI is InChI=1S/C16H20N4O3/c1-19-14-7-5-11(10-13(14)17-18-19)16(23)20-9-3-2-4-12(20)6-8-15(21)22/h5,7,10,12H,2-4,6,8-9H2,1H3,(H,21,22). The number of piperidine rings is 1. The quantitative estimate of drug-likeness (QED) is 0.929. The average molecular weight is 316 g/mol. The number of carbonyl (C=O) groups is 2. The largest absolute Gasteiger partial charge is 0.481 e. The Morgan fingerprint density at radius 2 is 2.17 bits per heavy atom. The summed E-state index contributed by atoms with van der Waals surface area (Å²) in [5.74, 6) is -0.864. The van der Waals surface area contributed by atoms with E-state index in [0.29, 0.717) is 24.0 Å². The summed E-state index contributed by atoms with van der Waals surface area (Å²) >= 11 is 0. The Morgan fingerprint density at radius 1 is 1.35 bits per heavy atom. The molecule has 3 rings (SSSR count). The molecule has 122 valence electrons. The Balaban J connectivity index is 1.81. The highest BCUT2D eigenvalue weighted by molar-refractivity contribution is 5.97. The van der Waals surface area contributed by atoms with Gasteiger partial charge in [-0.05, 0) is 43.9 Å². The molecule has 1 atom stereocenters. The SMILES string of the molecule is Cn1nnc2cc(C(=O)N3CCCCC3CCC(=O)O)ccc21. The number of aromatic nitrogens is 3. The van der Waals surface area contributed by atoms with E-state index in [4.69, 9.17) is 5.11 Å². The Morgan fingerprint density at radius 3 is 2.96 bits per heavy atom. The lowest BCUT2D eigenvalue weighted by Crippen LogP contribution is -2.44. The molecule has 0 bridgehead atoms. The number of fused-ring (bicyclic) bond motifs is 1. The van der Waals surface area contributed by atoms with Crippen LogP contribution in [-0.2, 0) is 11.8 Å². The van der Waals surface area contributed by atoms with E-state index in [0.717, 1.165) is 24.8 Å². The van der Waals surface area contributed by atoms with Gasteiger partial charge in [0.25, 0.3) is 5.91 Å². The monoisotopic (exact) mass is 316 g/mol. The van der Waals surface area contributed by atoms with Crippen LogP contribution in [-0.4, -0.2) is 49.5 Å². The molecule has 1 aliphatic rings. The fourth-order valence-corrected chi connectivity index (χ4v) is 3.20. The van der Waals surface area contributed by atoms with E-state index >= 15 is 0 Å². The molecule has 1 amide bonds. The molecule has 23 heavy (non-hydrogen) atoms. The van der Waals surface area contributed by atoms with Crippen LogP contribution >= 0.6 is 0 Å². The van der Waals surface area contributed by atoms with Crippen LogP contribution in [0.1, 0.15) is 42.5 Å². The van der Waals surface area contributed by atoms with Crippen molar-refractivity contribution in [2.75, 3.05) is 6.54 Å². The van der Waals surface area contributed by atoms with E-state index in [1.54, 1.807) is 16.8 Å². The molecule has 0 spiro atoms. The van der Waals surface area contributed by atoms with Crippen LogP contribution in [0.15, 0.2) is 18.2 Å². The molecule has 0 aliphatic carbocycles. The predicted octanol–water partition coefficient (Wildman–Crippen LogP) is 1.83. The zero-order valence-corrected chi connectivity index (χ0v) is 13.1. The number of aryl methyl sites for hydroxylation is 1. The first kappa shape index (κ1) is 15.5. The summed E-state index contributed by atoms with van der Waals surface area (Å²) in [4.78, 5) is 25.5. The summed E-state index contributed by atoms with van der Waals surface area (Å²) in [6, 6.07) is 5.40. The molecule has 2 aromatic rings. The molecule has 0 radical (unpaired) electrons. The number of likely N-dealkylation sites (tertiary alicyclic amines) is 1. The van der Waals surface area contributed by atoms with E-state index in [-0.39, 0.29) is 18.4 Å². The highest BCUT2D eigenvalue weighted by atomic mass is 16.4. The molecule has 1 saturated heterocycles.